The van der Waals surface area contributed by atoms with Gasteiger partial charge in [0.25, 0.3) is 0 Å². The van der Waals surface area contributed by atoms with Crippen molar-refractivity contribution in [2.24, 2.45) is 35.5 Å². The Balaban J connectivity index is 0.00000281. The molecule has 0 heterocycles. The quantitative estimate of drug-likeness (QED) is 0.165. The second-order valence-corrected chi connectivity index (χ2v) is 37.3. The van der Waals surface area contributed by atoms with Crippen molar-refractivity contribution < 1.29 is 18.3 Å². The van der Waals surface area contributed by atoms with Crippen LogP contribution >= 0.6 is 24.8 Å². The molecule has 61 heavy (non-hydrogen) atoms. The number of hydrogen-bond donors (Lipinski definition) is 0. The molecular weight excluding hydrogens is 859 g/mol. The fraction of sp³-hybridized carbons (Fsp3) is 0.500. The van der Waals surface area contributed by atoms with Crippen LogP contribution in [0, 0.1) is 35.5 Å². The number of benzene rings is 4. The molecule has 326 valence electrons. The van der Waals surface area contributed by atoms with Gasteiger partial charge in [-0.15, -0.1) is 24.8 Å². The van der Waals surface area contributed by atoms with Gasteiger partial charge in [-0.2, -0.15) is 0 Å². The average Bonchev–Trinajstić information content (AvgIpc) is 3.73. The van der Waals surface area contributed by atoms with Gasteiger partial charge in [-0.25, -0.2) is 0 Å². The summed E-state index contributed by atoms with van der Waals surface area (Å²) in [6, 6.07) is 32.7. The third-order valence-electron chi connectivity index (χ3n) is 16.6. The summed E-state index contributed by atoms with van der Waals surface area (Å²) in [5.74, 6) is 4.65. The van der Waals surface area contributed by atoms with Gasteiger partial charge in [0, 0.05) is 0 Å². The van der Waals surface area contributed by atoms with Gasteiger partial charge < -0.3 is 0 Å². The first-order chi connectivity index (χ1) is 27.5. The molecule has 0 spiro atoms. The fourth-order valence-electron chi connectivity index (χ4n) is 13.7. The van der Waals surface area contributed by atoms with Gasteiger partial charge in [-0.05, 0) is 0 Å². The van der Waals surface area contributed by atoms with Crippen molar-refractivity contribution in [1.29, 1.82) is 0 Å². The molecule has 1 unspecified atom stereocenters. The molecule has 0 saturated heterocycles. The zero-order valence-corrected chi connectivity index (χ0v) is 44.0. The number of allylic oxidation sites excluding steroid dienone is 4. The third-order valence-corrected chi connectivity index (χ3v) is 33.2. The van der Waals surface area contributed by atoms with Gasteiger partial charge in [0.1, 0.15) is 0 Å². The Bertz CT molecular complexity index is 2370. The minimum atomic E-state index is -5.25. The summed E-state index contributed by atoms with van der Waals surface area (Å²) < 4.78 is 12.4. The second kappa shape index (κ2) is 15.4. The maximum absolute atomic E-state index is 6.18. The summed E-state index contributed by atoms with van der Waals surface area (Å²) in [7, 11) is 0. The number of fused-ring (bicyclic) bond motifs is 3. The fourth-order valence-corrected chi connectivity index (χ4v) is 31.3. The molecule has 0 N–H and O–H groups in total. The van der Waals surface area contributed by atoms with Crippen LogP contribution in [0.15, 0.2) is 99.9 Å². The normalized spacial score (nSPS) is 24.7. The summed E-state index contributed by atoms with van der Waals surface area (Å²) in [6.07, 6.45) is 13.9. The van der Waals surface area contributed by atoms with Gasteiger partial charge in [-0.1, -0.05) is 0 Å². The number of rotatable bonds is 5. The van der Waals surface area contributed by atoms with Gasteiger partial charge in [0.2, 0.25) is 0 Å². The Morgan fingerprint density at radius 3 is 1.46 bits per heavy atom. The van der Waals surface area contributed by atoms with E-state index in [1.165, 1.54) is 77.6 Å². The van der Waals surface area contributed by atoms with Gasteiger partial charge in [0.05, 0.1) is 0 Å². The Labute approximate surface area is 384 Å². The first-order valence-corrected chi connectivity index (χ1v) is 30.1. The van der Waals surface area contributed by atoms with E-state index in [1.54, 1.807) is 17.7 Å². The molecule has 10 rings (SSSR count). The Morgan fingerprint density at radius 1 is 0.541 bits per heavy atom. The molecule has 4 fully saturated rings. The SMILES string of the molecule is Cl.Cl.[CH2]=[Zr]([C]1=CC(C2C3CC4CC(C3)CC2C4)=CC1C)([c]1ccc(C(C)(C)C)cc1)([c]1ccc(C(C)(C)C)cc1)[c]1c(C(C)(C)C)ccc2c1Cc1cc(C(C)(C)C)ccc1-2. The van der Waals surface area contributed by atoms with Crippen LogP contribution in [-0.2, 0) is 46.4 Å². The average molecular weight is 935 g/mol. The molecule has 6 aliphatic carbocycles. The minimum absolute atomic E-state index is 0. The van der Waals surface area contributed by atoms with Crippen LogP contribution < -0.4 is 9.81 Å². The summed E-state index contributed by atoms with van der Waals surface area (Å²) in [6.45, 7) is 31.2. The predicted octanol–water partition coefficient (Wildman–Crippen LogP) is 14.2. The molecule has 3 heteroatoms. The molecule has 0 aromatic heterocycles. The third kappa shape index (κ3) is 7.38. The molecule has 0 amide bonds. The molecule has 4 aromatic carbocycles. The monoisotopic (exact) mass is 932 g/mol. The van der Waals surface area contributed by atoms with E-state index < -0.39 is 18.3 Å². The first-order valence-electron chi connectivity index (χ1n) is 23.5. The van der Waals surface area contributed by atoms with Crippen LogP contribution in [0.2, 0.25) is 0 Å². The Kier molecular flexibility index (Phi) is 11.8. The van der Waals surface area contributed by atoms with Crippen molar-refractivity contribution in [2.75, 3.05) is 0 Å². The van der Waals surface area contributed by atoms with Crippen molar-refractivity contribution in [2.45, 2.75) is 150 Å². The van der Waals surface area contributed by atoms with E-state index in [4.69, 9.17) is 4.21 Å². The van der Waals surface area contributed by atoms with Crippen LogP contribution in [0.3, 0.4) is 0 Å². The standard InChI is InChI=1S/C21H25.C16H21.2C10H13.CH2.2ClH.Zr/c1-20(2,3)16-7-9-18-14(12-16)11-15-13-17(21(4,5)6)8-10-19(15)18;1-10-2-3-13(4-10)16-14-6-11-5-12(8-14)9-15(16)7-11;2*1-10(2,3)9-7-5-4-6-8-9;;;;/h7-10,12H,11H2,1-6H3;3-4,10-12,14-16H,5-9H2,1H3;2*5-8H,1-3H3;1H2;2*1H;. The molecule has 6 aliphatic rings. The van der Waals surface area contributed by atoms with Gasteiger partial charge in [-0.3, -0.25) is 0 Å². The molecule has 4 bridgehead atoms. The molecule has 4 saturated carbocycles. The molecular formula is C58H76Cl2Zr. The van der Waals surface area contributed by atoms with Crippen molar-refractivity contribution in [3.8, 4) is 11.1 Å². The van der Waals surface area contributed by atoms with Crippen molar-refractivity contribution >= 4 is 38.8 Å². The van der Waals surface area contributed by atoms with Crippen molar-refractivity contribution in [3.05, 3.63) is 133 Å². The summed E-state index contributed by atoms with van der Waals surface area (Å²) in [5.41, 5.74) is 13.4. The molecule has 0 radical (unpaired) electrons. The first kappa shape index (κ1) is 46.7. The summed E-state index contributed by atoms with van der Waals surface area (Å²) >= 11 is -5.25. The zero-order chi connectivity index (χ0) is 42.3. The van der Waals surface area contributed by atoms with E-state index in [2.05, 4.69) is 181 Å². The molecule has 0 aliphatic heterocycles. The Hall–Kier alpha value is -2.31. The zero-order valence-electron chi connectivity index (χ0n) is 39.9. The van der Waals surface area contributed by atoms with Crippen LogP contribution in [0.1, 0.15) is 155 Å². The van der Waals surface area contributed by atoms with Crippen LogP contribution in [0.4, 0.5) is 0 Å². The van der Waals surface area contributed by atoms with E-state index in [1.807, 2.05) is 0 Å². The summed E-state index contributed by atoms with van der Waals surface area (Å²) in [5, 5.41) is 0. The molecule has 1 atom stereocenters. The summed E-state index contributed by atoms with van der Waals surface area (Å²) in [4.78, 5) is 0. The van der Waals surface area contributed by atoms with Gasteiger partial charge >= 0.3 is 362 Å². The van der Waals surface area contributed by atoms with Crippen LogP contribution in [-0.4, -0.2) is 4.21 Å². The van der Waals surface area contributed by atoms with E-state index in [0.717, 1.165) is 30.1 Å². The van der Waals surface area contributed by atoms with E-state index in [-0.39, 0.29) is 46.5 Å². The topological polar surface area (TPSA) is 0 Å². The second-order valence-electron chi connectivity index (χ2n) is 24.7. The van der Waals surface area contributed by atoms with Gasteiger partial charge in [0.15, 0.2) is 0 Å². The van der Waals surface area contributed by atoms with Crippen molar-refractivity contribution in [1.82, 2.24) is 0 Å². The number of hydrogen-bond acceptors (Lipinski definition) is 0. The van der Waals surface area contributed by atoms with Crippen LogP contribution in [0.5, 0.6) is 0 Å². The maximum atomic E-state index is 6.18. The molecule has 0 nitrogen and oxygen atoms in total. The molecule has 4 aromatic rings. The van der Waals surface area contributed by atoms with Crippen LogP contribution in [0.25, 0.3) is 11.1 Å². The van der Waals surface area contributed by atoms with Crippen molar-refractivity contribution in [3.63, 3.8) is 0 Å². The Morgan fingerprint density at radius 2 is 1.00 bits per heavy atom. The predicted molar refractivity (Wildman–Crippen MR) is 269 cm³/mol. The number of halogens is 2. The van der Waals surface area contributed by atoms with E-state index in [0.29, 0.717) is 11.8 Å². The van der Waals surface area contributed by atoms with E-state index >= 15 is 0 Å². The van der Waals surface area contributed by atoms with E-state index in [9.17, 15) is 0 Å².